The van der Waals surface area contributed by atoms with Gasteiger partial charge in [0.2, 0.25) is 15.9 Å². The fourth-order valence-corrected chi connectivity index (χ4v) is 3.67. The summed E-state index contributed by atoms with van der Waals surface area (Å²) in [5.41, 5.74) is 8.17. The molecule has 1 aliphatic carbocycles. The third-order valence-corrected chi connectivity index (χ3v) is 5.55. The lowest BCUT2D eigenvalue weighted by atomic mass is 9.83. The predicted octanol–water partition coefficient (Wildman–Crippen LogP) is 1.80. The van der Waals surface area contributed by atoms with Crippen molar-refractivity contribution in [3.05, 3.63) is 23.3 Å². The lowest BCUT2D eigenvalue weighted by Gasteiger charge is -2.28. The Morgan fingerprint density at radius 1 is 1.26 bits per heavy atom. The molecule has 5 N–H and O–H groups in total. The first-order valence-corrected chi connectivity index (χ1v) is 9.42. The van der Waals surface area contributed by atoms with Gasteiger partial charge in [0.1, 0.15) is 0 Å². The van der Waals surface area contributed by atoms with Crippen molar-refractivity contribution in [1.82, 2.24) is 0 Å². The monoisotopic (exact) mass is 339 g/mol. The zero-order valence-electron chi connectivity index (χ0n) is 13.6. The molecule has 1 aliphatic rings. The van der Waals surface area contributed by atoms with Crippen molar-refractivity contribution in [1.29, 1.82) is 0 Å². The highest BCUT2D eigenvalue weighted by molar-refractivity contribution is 7.89. The number of hydrogen-bond donors (Lipinski definition) is 3. The van der Waals surface area contributed by atoms with Crippen LogP contribution in [0.3, 0.4) is 0 Å². The minimum atomic E-state index is -3.81. The van der Waals surface area contributed by atoms with Crippen LogP contribution < -0.4 is 16.2 Å². The summed E-state index contributed by atoms with van der Waals surface area (Å²) in [4.78, 5) is 12.3. The summed E-state index contributed by atoms with van der Waals surface area (Å²) >= 11 is 0. The maximum absolute atomic E-state index is 12.3. The maximum Gasteiger partial charge on any atom is 0.238 e. The highest BCUT2D eigenvalue weighted by Gasteiger charge is 2.24. The van der Waals surface area contributed by atoms with Crippen LogP contribution in [0.25, 0.3) is 0 Å². The van der Waals surface area contributed by atoms with Crippen LogP contribution in [-0.4, -0.2) is 20.4 Å². The number of amides is 1. The second kappa shape index (κ2) is 6.98. The lowest BCUT2D eigenvalue weighted by Crippen LogP contribution is -2.35. The molecule has 2 unspecified atom stereocenters. The van der Waals surface area contributed by atoms with Crippen molar-refractivity contribution in [3.8, 4) is 0 Å². The van der Waals surface area contributed by atoms with Gasteiger partial charge in [0.15, 0.2) is 0 Å². The minimum absolute atomic E-state index is 0.00488. The van der Waals surface area contributed by atoms with Crippen LogP contribution in [0, 0.1) is 19.8 Å². The van der Waals surface area contributed by atoms with Gasteiger partial charge in [-0.1, -0.05) is 12.8 Å². The van der Waals surface area contributed by atoms with Gasteiger partial charge >= 0.3 is 0 Å². The second-order valence-corrected chi connectivity index (χ2v) is 7.98. The Morgan fingerprint density at radius 3 is 2.52 bits per heavy atom. The standard InChI is InChI=1S/C16H25N3O3S/c1-10-7-13(23(18,21)22)9-15(11(10)2)19-16(20)8-12-5-3-4-6-14(12)17/h7,9,12,14H,3-6,8,17H2,1-2H3,(H,19,20)(H2,18,21,22). The maximum atomic E-state index is 12.3. The molecule has 1 saturated carbocycles. The lowest BCUT2D eigenvalue weighted by molar-refractivity contribution is -0.117. The Kier molecular flexibility index (Phi) is 5.44. The smallest absolute Gasteiger partial charge is 0.238 e. The zero-order chi connectivity index (χ0) is 17.2. The molecule has 0 aromatic heterocycles. The number of carbonyl (C=O) groups is 1. The number of primary sulfonamides is 1. The molecular formula is C16H25N3O3S. The molecule has 2 atom stereocenters. The molecule has 2 rings (SSSR count). The summed E-state index contributed by atoms with van der Waals surface area (Å²) in [6.45, 7) is 3.63. The van der Waals surface area contributed by atoms with E-state index in [1.165, 1.54) is 12.1 Å². The normalized spacial score (nSPS) is 21.9. The molecule has 0 aliphatic heterocycles. The van der Waals surface area contributed by atoms with Crippen LogP contribution in [-0.2, 0) is 14.8 Å². The van der Waals surface area contributed by atoms with Gasteiger partial charge < -0.3 is 11.1 Å². The summed E-state index contributed by atoms with van der Waals surface area (Å²) in [6.07, 6.45) is 4.50. The SMILES string of the molecule is Cc1cc(S(N)(=O)=O)cc(NC(=O)CC2CCCCC2N)c1C. The number of nitrogens with two attached hydrogens (primary N) is 2. The molecule has 0 bridgehead atoms. The average molecular weight is 339 g/mol. The fraction of sp³-hybridized carbons (Fsp3) is 0.562. The Morgan fingerprint density at radius 2 is 1.91 bits per heavy atom. The summed E-state index contributed by atoms with van der Waals surface area (Å²) in [7, 11) is -3.81. The highest BCUT2D eigenvalue weighted by atomic mass is 32.2. The van der Waals surface area contributed by atoms with E-state index >= 15 is 0 Å². The van der Waals surface area contributed by atoms with Crippen molar-refractivity contribution in [2.75, 3.05) is 5.32 Å². The van der Waals surface area contributed by atoms with Crippen LogP contribution in [0.4, 0.5) is 5.69 Å². The fourth-order valence-electron chi connectivity index (χ4n) is 3.05. The first-order chi connectivity index (χ1) is 10.7. The molecule has 0 radical (unpaired) electrons. The van der Waals surface area contributed by atoms with Crippen molar-refractivity contribution < 1.29 is 13.2 Å². The van der Waals surface area contributed by atoms with E-state index in [1.54, 1.807) is 6.92 Å². The molecule has 6 nitrogen and oxygen atoms in total. The Bertz CT molecular complexity index is 701. The van der Waals surface area contributed by atoms with Crippen LogP contribution in [0.5, 0.6) is 0 Å². The third-order valence-electron chi connectivity index (χ3n) is 4.66. The molecule has 0 saturated heterocycles. The van der Waals surface area contributed by atoms with E-state index in [1.807, 2.05) is 6.92 Å². The molecule has 1 amide bonds. The van der Waals surface area contributed by atoms with E-state index in [4.69, 9.17) is 10.9 Å². The quantitative estimate of drug-likeness (QED) is 0.775. The molecule has 7 heteroatoms. The first kappa shape index (κ1) is 17.9. The van der Waals surface area contributed by atoms with E-state index in [0.29, 0.717) is 12.1 Å². The molecule has 1 fully saturated rings. The molecule has 0 heterocycles. The molecule has 0 spiro atoms. The number of rotatable bonds is 4. The number of nitrogens with one attached hydrogen (secondary N) is 1. The minimum Gasteiger partial charge on any atom is -0.327 e. The molecule has 1 aromatic carbocycles. The Balaban J connectivity index is 2.15. The average Bonchev–Trinajstić information content (AvgIpc) is 2.45. The molecule has 128 valence electrons. The van der Waals surface area contributed by atoms with Crippen LogP contribution in [0.15, 0.2) is 17.0 Å². The van der Waals surface area contributed by atoms with Crippen molar-refractivity contribution in [3.63, 3.8) is 0 Å². The van der Waals surface area contributed by atoms with Crippen molar-refractivity contribution >= 4 is 21.6 Å². The number of sulfonamides is 1. The number of carbonyl (C=O) groups excluding carboxylic acids is 1. The van der Waals surface area contributed by atoms with Gasteiger partial charge in [0, 0.05) is 18.2 Å². The van der Waals surface area contributed by atoms with E-state index in [0.717, 1.165) is 36.8 Å². The summed E-state index contributed by atoms with van der Waals surface area (Å²) in [5.74, 6) is 0.0491. The summed E-state index contributed by atoms with van der Waals surface area (Å²) in [5, 5.41) is 8.00. The van der Waals surface area contributed by atoms with E-state index in [9.17, 15) is 13.2 Å². The predicted molar refractivity (Wildman–Crippen MR) is 90.5 cm³/mol. The summed E-state index contributed by atoms with van der Waals surface area (Å²) < 4.78 is 23.1. The van der Waals surface area contributed by atoms with Gasteiger partial charge in [-0.2, -0.15) is 0 Å². The molecule has 23 heavy (non-hydrogen) atoms. The van der Waals surface area contributed by atoms with Gasteiger partial charge in [0.25, 0.3) is 0 Å². The Hall–Kier alpha value is -1.44. The van der Waals surface area contributed by atoms with E-state index < -0.39 is 10.0 Å². The number of benzene rings is 1. The Labute approximate surface area is 137 Å². The van der Waals surface area contributed by atoms with E-state index in [2.05, 4.69) is 5.32 Å². The van der Waals surface area contributed by atoms with Crippen molar-refractivity contribution in [2.24, 2.45) is 16.8 Å². The van der Waals surface area contributed by atoms with Crippen molar-refractivity contribution in [2.45, 2.75) is 56.9 Å². The zero-order valence-corrected chi connectivity index (χ0v) is 14.4. The molecule has 1 aromatic rings. The number of aryl methyl sites for hydroxylation is 1. The topological polar surface area (TPSA) is 115 Å². The number of hydrogen-bond acceptors (Lipinski definition) is 4. The number of anilines is 1. The van der Waals surface area contributed by atoms with Gasteiger partial charge in [-0.15, -0.1) is 0 Å². The van der Waals surface area contributed by atoms with Crippen LogP contribution in [0.1, 0.15) is 43.2 Å². The van der Waals surface area contributed by atoms with Gasteiger partial charge in [-0.3, -0.25) is 4.79 Å². The summed E-state index contributed by atoms with van der Waals surface area (Å²) in [6, 6.07) is 2.99. The third kappa shape index (κ3) is 4.53. The highest BCUT2D eigenvalue weighted by Crippen LogP contribution is 2.27. The first-order valence-electron chi connectivity index (χ1n) is 7.88. The van der Waals surface area contributed by atoms with Gasteiger partial charge in [0.05, 0.1) is 4.90 Å². The molecular weight excluding hydrogens is 314 g/mol. The van der Waals surface area contributed by atoms with Crippen LogP contribution in [0.2, 0.25) is 0 Å². The van der Waals surface area contributed by atoms with Gasteiger partial charge in [-0.25, -0.2) is 13.6 Å². The largest absolute Gasteiger partial charge is 0.327 e. The second-order valence-electron chi connectivity index (χ2n) is 6.42. The van der Waals surface area contributed by atoms with E-state index in [-0.39, 0.29) is 22.8 Å². The van der Waals surface area contributed by atoms with Crippen LogP contribution >= 0.6 is 0 Å². The van der Waals surface area contributed by atoms with Gasteiger partial charge in [-0.05, 0) is 55.9 Å².